The van der Waals surface area contributed by atoms with Crippen molar-refractivity contribution >= 4 is 23.0 Å². The van der Waals surface area contributed by atoms with E-state index in [9.17, 15) is 55.5 Å². The number of hydrogen-bond donors (Lipinski definition) is 9. The van der Waals surface area contributed by atoms with Crippen LogP contribution < -0.4 is 10.2 Å². The van der Waals surface area contributed by atoms with Gasteiger partial charge in [0.2, 0.25) is 6.29 Å². The molecule has 10 atom stereocenters. The summed E-state index contributed by atoms with van der Waals surface area (Å²) in [5, 5.41) is 92.8. The summed E-state index contributed by atoms with van der Waals surface area (Å²) in [4.78, 5) is 26.7. The number of benzene rings is 3. The summed E-state index contributed by atoms with van der Waals surface area (Å²) in [6, 6.07) is 15.2. The van der Waals surface area contributed by atoms with Gasteiger partial charge in [0.15, 0.2) is 11.5 Å². The van der Waals surface area contributed by atoms with Gasteiger partial charge in [-0.25, -0.2) is 4.79 Å². The Morgan fingerprint density at radius 1 is 0.750 bits per heavy atom. The number of ether oxygens (including phenoxy) is 4. The van der Waals surface area contributed by atoms with Crippen LogP contribution in [-0.4, -0.2) is 120 Å². The van der Waals surface area contributed by atoms with Gasteiger partial charge in [0.05, 0.1) is 24.2 Å². The zero-order chi connectivity index (χ0) is 37.3. The number of carbonyl (C=O) groups excluding carboxylic acids is 1. The zero-order valence-corrected chi connectivity index (χ0v) is 27.1. The van der Waals surface area contributed by atoms with Crippen molar-refractivity contribution in [3.63, 3.8) is 0 Å². The quantitative estimate of drug-likeness (QED) is 0.0801. The van der Waals surface area contributed by atoms with E-state index in [1.165, 1.54) is 72.8 Å². The standard InChI is InChI=1S/C36H36O16/c37-14-24-29(44)31(46)35(52-26(42)12-3-16-1-6-18(39)7-2-16)34(49-24)27-22(50-36-32(47)30(45)28(43)25(15-38)51-36)11-10-20-21(41)13-23(48-33(20)27)17-4-8-19(40)9-5-17/h1-13,24-25,28-32,34-40,43-47H,14-15H2. The van der Waals surface area contributed by atoms with E-state index >= 15 is 0 Å². The number of phenolic OH excluding ortho intramolecular Hbond substituents is 2. The van der Waals surface area contributed by atoms with Gasteiger partial charge < -0.3 is 69.3 Å². The number of esters is 1. The van der Waals surface area contributed by atoms with E-state index in [0.29, 0.717) is 11.1 Å². The maximum atomic E-state index is 13.5. The van der Waals surface area contributed by atoms with Gasteiger partial charge in [0.25, 0.3) is 0 Å². The molecule has 52 heavy (non-hydrogen) atoms. The largest absolute Gasteiger partial charge is 0.508 e. The molecular formula is C36H36O16. The third-order valence-corrected chi connectivity index (χ3v) is 8.85. The molecule has 2 aliphatic heterocycles. The third-order valence-electron chi connectivity index (χ3n) is 8.85. The fourth-order valence-corrected chi connectivity index (χ4v) is 6.03. The highest BCUT2D eigenvalue weighted by Gasteiger charge is 2.50. The number of aliphatic hydroxyl groups is 7. The summed E-state index contributed by atoms with van der Waals surface area (Å²) in [5.74, 6) is -1.39. The molecule has 2 fully saturated rings. The predicted molar refractivity (Wildman–Crippen MR) is 178 cm³/mol. The maximum absolute atomic E-state index is 13.5. The van der Waals surface area contributed by atoms with E-state index in [-0.39, 0.29) is 39.5 Å². The molecule has 2 saturated heterocycles. The van der Waals surface area contributed by atoms with Crippen molar-refractivity contribution in [2.45, 2.75) is 61.2 Å². The van der Waals surface area contributed by atoms with Crippen molar-refractivity contribution < 1.29 is 74.1 Å². The molecule has 2 aliphatic rings. The lowest BCUT2D eigenvalue weighted by Gasteiger charge is -2.43. The summed E-state index contributed by atoms with van der Waals surface area (Å²) in [5.41, 5.74) is -0.204. The molecule has 3 heterocycles. The summed E-state index contributed by atoms with van der Waals surface area (Å²) < 4.78 is 29.5. The Kier molecular flexibility index (Phi) is 10.9. The number of carbonyl (C=O) groups is 1. The van der Waals surface area contributed by atoms with Crippen LogP contribution in [0.3, 0.4) is 0 Å². The molecule has 0 radical (unpaired) electrons. The minimum Gasteiger partial charge on any atom is -0.508 e. The van der Waals surface area contributed by atoms with E-state index in [1.54, 1.807) is 0 Å². The average molecular weight is 725 g/mol. The van der Waals surface area contributed by atoms with Crippen LogP contribution in [0.2, 0.25) is 0 Å². The highest BCUT2D eigenvalue weighted by molar-refractivity contribution is 5.88. The second kappa shape index (κ2) is 15.4. The van der Waals surface area contributed by atoms with Crippen LogP contribution in [-0.2, 0) is 19.0 Å². The van der Waals surface area contributed by atoms with Gasteiger partial charge >= 0.3 is 5.97 Å². The Balaban J connectivity index is 1.50. The van der Waals surface area contributed by atoms with Crippen LogP contribution in [0.4, 0.5) is 0 Å². The summed E-state index contributed by atoms with van der Waals surface area (Å²) in [6.45, 7) is -1.60. The Bertz CT molecular complexity index is 1960. The monoisotopic (exact) mass is 724 g/mol. The lowest BCUT2D eigenvalue weighted by Crippen LogP contribution is -2.60. The number of phenols is 2. The van der Waals surface area contributed by atoms with Crippen molar-refractivity contribution in [1.29, 1.82) is 0 Å². The van der Waals surface area contributed by atoms with Crippen LogP contribution in [0.25, 0.3) is 28.4 Å². The minimum absolute atomic E-state index is 0.00508. The zero-order valence-electron chi connectivity index (χ0n) is 27.1. The topological polar surface area (TPSA) is 266 Å². The van der Waals surface area contributed by atoms with E-state index in [4.69, 9.17) is 23.4 Å². The molecule has 0 saturated carbocycles. The van der Waals surface area contributed by atoms with Crippen LogP contribution in [0.15, 0.2) is 82.0 Å². The molecule has 3 aromatic carbocycles. The molecule has 0 spiro atoms. The second-order valence-corrected chi connectivity index (χ2v) is 12.3. The number of aliphatic hydroxyl groups excluding tert-OH is 7. The summed E-state index contributed by atoms with van der Waals surface area (Å²) in [6.07, 6.45) is -14.9. The van der Waals surface area contributed by atoms with Crippen molar-refractivity contribution in [2.24, 2.45) is 0 Å². The Labute approximate surface area is 294 Å². The van der Waals surface area contributed by atoms with Crippen LogP contribution in [0, 0.1) is 0 Å². The lowest BCUT2D eigenvalue weighted by molar-refractivity contribution is -0.278. The minimum atomic E-state index is -1.91. The van der Waals surface area contributed by atoms with Gasteiger partial charge in [-0.1, -0.05) is 12.1 Å². The summed E-state index contributed by atoms with van der Waals surface area (Å²) in [7, 11) is 0. The third kappa shape index (κ3) is 7.38. The number of hydrogen-bond acceptors (Lipinski definition) is 16. The molecule has 0 bridgehead atoms. The van der Waals surface area contributed by atoms with E-state index in [1.807, 2.05) is 0 Å². The van der Waals surface area contributed by atoms with Crippen LogP contribution in [0.5, 0.6) is 17.2 Å². The van der Waals surface area contributed by atoms with Crippen LogP contribution >= 0.6 is 0 Å². The van der Waals surface area contributed by atoms with Crippen molar-refractivity contribution in [2.75, 3.05) is 13.2 Å². The van der Waals surface area contributed by atoms with Crippen LogP contribution in [0.1, 0.15) is 17.2 Å². The second-order valence-electron chi connectivity index (χ2n) is 12.3. The molecule has 1 aromatic heterocycles. The highest BCUT2D eigenvalue weighted by Crippen LogP contribution is 2.43. The fraction of sp³-hybridized carbons (Fsp3) is 0.333. The first-order chi connectivity index (χ1) is 24.9. The Morgan fingerprint density at radius 3 is 2.02 bits per heavy atom. The fourth-order valence-electron chi connectivity index (χ4n) is 6.03. The molecule has 276 valence electrons. The van der Waals surface area contributed by atoms with Gasteiger partial charge in [-0.3, -0.25) is 4.79 Å². The number of aromatic hydroxyl groups is 2. The van der Waals surface area contributed by atoms with E-state index in [0.717, 1.165) is 6.08 Å². The van der Waals surface area contributed by atoms with E-state index < -0.39 is 85.8 Å². The Hall–Kier alpha value is -4.88. The maximum Gasteiger partial charge on any atom is 0.331 e. The van der Waals surface area contributed by atoms with Gasteiger partial charge in [0, 0.05) is 17.7 Å². The molecule has 16 heteroatoms. The Morgan fingerprint density at radius 2 is 1.37 bits per heavy atom. The van der Waals surface area contributed by atoms with Gasteiger partial charge in [-0.2, -0.15) is 0 Å². The van der Waals surface area contributed by atoms with Crippen molar-refractivity contribution in [1.82, 2.24) is 0 Å². The predicted octanol–water partition coefficient (Wildman–Crippen LogP) is -0.171. The normalized spacial score (nSPS) is 29.3. The molecule has 16 nitrogen and oxygen atoms in total. The molecular weight excluding hydrogens is 688 g/mol. The molecule has 6 rings (SSSR count). The van der Waals surface area contributed by atoms with E-state index in [2.05, 4.69) is 0 Å². The van der Waals surface area contributed by atoms with Gasteiger partial charge in [-0.05, 0) is 60.2 Å². The first-order valence-corrected chi connectivity index (χ1v) is 16.1. The summed E-state index contributed by atoms with van der Waals surface area (Å²) >= 11 is 0. The van der Waals surface area contributed by atoms with Gasteiger partial charge in [-0.15, -0.1) is 0 Å². The molecule has 9 N–H and O–H groups in total. The molecule has 10 unspecified atom stereocenters. The first kappa shape index (κ1) is 36.9. The van der Waals surface area contributed by atoms with Gasteiger partial charge in [0.1, 0.15) is 77.4 Å². The molecule has 4 aromatic rings. The smallest absolute Gasteiger partial charge is 0.331 e. The lowest BCUT2D eigenvalue weighted by atomic mass is 9.89. The molecule has 0 amide bonds. The first-order valence-electron chi connectivity index (χ1n) is 16.1. The number of fused-ring (bicyclic) bond motifs is 1. The highest BCUT2D eigenvalue weighted by atomic mass is 16.7. The van der Waals surface area contributed by atoms with Crippen molar-refractivity contribution in [3.05, 3.63) is 94.2 Å². The molecule has 0 aliphatic carbocycles. The SMILES string of the molecule is O=C(C=Cc1ccc(O)cc1)OC1C(c2c(OC3OC(CO)C(O)C(O)C3O)ccc3c(=O)cc(-c4ccc(O)cc4)oc23)OC(CO)C(O)C1O. The number of rotatable bonds is 9. The average Bonchev–Trinajstić information content (AvgIpc) is 3.14. The van der Waals surface area contributed by atoms with Crippen molar-refractivity contribution in [3.8, 4) is 28.6 Å².